The summed E-state index contributed by atoms with van der Waals surface area (Å²) in [6, 6.07) is 61.7. The fourth-order valence-corrected chi connectivity index (χ4v) is 7.39. The summed E-state index contributed by atoms with van der Waals surface area (Å²) in [6.45, 7) is 0. The molecule has 0 bridgehead atoms. The summed E-state index contributed by atoms with van der Waals surface area (Å²) >= 11 is 0. The number of pyridine rings is 2. The van der Waals surface area contributed by atoms with Crippen LogP contribution in [0.1, 0.15) is 0 Å². The van der Waals surface area contributed by atoms with Crippen molar-refractivity contribution in [3.63, 3.8) is 0 Å². The number of nitrogens with zero attached hydrogens (tertiary/aromatic N) is 5. The topological polar surface area (TPSA) is 37.2 Å². The summed E-state index contributed by atoms with van der Waals surface area (Å²) in [4.78, 5) is 13.5. The van der Waals surface area contributed by atoms with Gasteiger partial charge in [-0.3, -0.25) is 9.88 Å². The summed E-state index contributed by atoms with van der Waals surface area (Å²) < 4.78 is 34.5. The van der Waals surface area contributed by atoms with Crippen LogP contribution in [0.25, 0.3) is 44.9 Å². The number of hydrogen-bond acceptors (Lipinski definition) is 4. The van der Waals surface area contributed by atoms with Crippen LogP contribution in [0.5, 0.6) is 0 Å². The number of aromatic nitrogens is 3. The second-order valence-corrected chi connectivity index (χ2v) is 13.9. The van der Waals surface area contributed by atoms with Crippen LogP contribution in [0, 0.1) is 11.6 Å². The zero-order chi connectivity index (χ0) is 39.4. The third kappa shape index (κ3) is 7.13. The quantitative estimate of drug-likeness (QED) is 0.139. The molecule has 0 saturated carbocycles. The van der Waals surface area contributed by atoms with Crippen molar-refractivity contribution < 1.29 is 8.78 Å². The Hall–Kier alpha value is -7.64. The van der Waals surface area contributed by atoms with Crippen molar-refractivity contribution >= 4 is 34.3 Å². The highest BCUT2D eigenvalue weighted by molar-refractivity contribution is 5.81. The van der Waals surface area contributed by atoms with E-state index in [4.69, 9.17) is 9.97 Å². The molecule has 5 nitrogen and oxygen atoms in total. The van der Waals surface area contributed by atoms with E-state index in [1.807, 2.05) is 204 Å². The van der Waals surface area contributed by atoms with Gasteiger partial charge in [0.1, 0.15) is 17.5 Å². The molecule has 6 aromatic carbocycles. The van der Waals surface area contributed by atoms with Crippen LogP contribution < -0.4 is 9.80 Å². The maximum absolute atomic E-state index is 16.3. The van der Waals surface area contributed by atoms with E-state index in [1.165, 1.54) is 12.1 Å². The van der Waals surface area contributed by atoms with E-state index < -0.39 is 11.6 Å². The molecular formula is C51H37F2N5. The van der Waals surface area contributed by atoms with E-state index in [2.05, 4.69) is 0 Å². The van der Waals surface area contributed by atoms with Gasteiger partial charge in [0.2, 0.25) is 0 Å². The lowest BCUT2D eigenvalue weighted by Crippen LogP contribution is -2.12. The average Bonchev–Trinajstić information content (AvgIpc) is 3.66. The molecule has 7 heteroatoms. The number of anilines is 6. The van der Waals surface area contributed by atoms with Crippen molar-refractivity contribution in [2.75, 3.05) is 9.80 Å². The summed E-state index contributed by atoms with van der Waals surface area (Å²) in [5.41, 5.74) is 9.75. The SMILES string of the molecule is Cn1c(-c2ccc(N(c3ccccc3)c3ccc(-c4ccccc4)nc3)cc2F)ccc1-c1ccc(N(c2ccccc2)c2ccc(-c3ccccc3)cn2)cc1F. The molecule has 0 radical (unpaired) electrons. The van der Waals surface area contributed by atoms with Crippen LogP contribution in [-0.2, 0) is 7.05 Å². The van der Waals surface area contributed by atoms with Gasteiger partial charge in [0.15, 0.2) is 0 Å². The third-order valence-corrected chi connectivity index (χ3v) is 10.3. The van der Waals surface area contributed by atoms with E-state index >= 15 is 8.78 Å². The first-order chi connectivity index (χ1) is 28.5. The molecule has 0 unspecified atom stereocenters. The van der Waals surface area contributed by atoms with Gasteiger partial charge in [0.25, 0.3) is 0 Å². The first-order valence-corrected chi connectivity index (χ1v) is 19.0. The van der Waals surface area contributed by atoms with Gasteiger partial charge in [-0.25, -0.2) is 13.8 Å². The van der Waals surface area contributed by atoms with Gasteiger partial charge in [0.05, 0.1) is 34.7 Å². The molecule has 0 aliphatic carbocycles. The first kappa shape index (κ1) is 36.0. The average molecular weight is 758 g/mol. The van der Waals surface area contributed by atoms with Gasteiger partial charge in [-0.1, -0.05) is 97.1 Å². The van der Waals surface area contributed by atoms with Gasteiger partial charge in [-0.05, 0) is 103 Å². The minimum atomic E-state index is -0.409. The molecule has 280 valence electrons. The van der Waals surface area contributed by atoms with Gasteiger partial charge >= 0.3 is 0 Å². The Bertz CT molecular complexity index is 2600. The second-order valence-electron chi connectivity index (χ2n) is 13.9. The van der Waals surface area contributed by atoms with Crippen LogP contribution in [0.4, 0.5) is 43.0 Å². The van der Waals surface area contributed by atoms with Crippen LogP contribution in [-0.4, -0.2) is 14.5 Å². The first-order valence-electron chi connectivity index (χ1n) is 19.0. The molecule has 0 aliphatic heterocycles. The van der Waals surface area contributed by atoms with E-state index in [0.717, 1.165) is 39.4 Å². The predicted octanol–water partition coefficient (Wildman–Crippen LogP) is 13.7. The van der Waals surface area contributed by atoms with Crippen LogP contribution in [0.3, 0.4) is 0 Å². The van der Waals surface area contributed by atoms with Gasteiger partial charge in [-0.15, -0.1) is 0 Å². The van der Waals surface area contributed by atoms with Gasteiger partial charge < -0.3 is 9.47 Å². The lowest BCUT2D eigenvalue weighted by atomic mass is 10.1. The maximum atomic E-state index is 16.3. The smallest absolute Gasteiger partial charge is 0.137 e. The molecule has 9 aromatic rings. The lowest BCUT2D eigenvalue weighted by Gasteiger charge is -2.25. The molecule has 3 heterocycles. The van der Waals surface area contributed by atoms with Crippen molar-refractivity contribution in [3.05, 3.63) is 218 Å². The zero-order valence-corrected chi connectivity index (χ0v) is 31.6. The largest absolute Gasteiger partial charge is 0.343 e. The van der Waals surface area contributed by atoms with Gasteiger partial charge in [0, 0.05) is 52.6 Å². The molecule has 0 saturated heterocycles. The molecule has 0 spiro atoms. The van der Waals surface area contributed by atoms with E-state index in [1.54, 1.807) is 12.1 Å². The Labute approximate surface area is 336 Å². The van der Waals surface area contributed by atoms with Crippen LogP contribution in [0.2, 0.25) is 0 Å². The number of halogens is 2. The number of hydrogen-bond donors (Lipinski definition) is 0. The van der Waals surface area contributed by atoms with E-state index in [0.29, 0.717) is 39.7 Å². The normalized spacial score (nSPS) is 11.0. The van der Waals surface area contributed by atoms with Crippen molar-refractivity contribution in [1.29, 1.82) is 0 Å². The Morgan fingerprint density at radius 2 is 0.897 bits per heavy atom. The van der Waals surface area contributed by atoms with Crippen LogP contribution >= 0.6 is 0 Å². The number of para-hydroxylation sites is 2. The molecule has 0 aliphatic rings. The van der Waals surface area contributed by atoms with Gasteiger partial charge in [-0.2, -0.15) is 0 Å². The molecular weight excluding hydrogens is 721 g/mol. The van der Waals surface area contributed by atoms with Crippen LogP contribution in [0.15, 0.2) is 207 Å². The Kier molecular flexibility index (Phi) is 9.84. The highest BCUT2D eigenvalue weighted by Crippen LogP contribution is 2.40. The van der Waals surface area contributed by atoms with Crippen molar-refractivity contribution in [2.24, 2.45) is 7.05 Å². The summed E-state index contributed by atoms with van der Waals surface area (Å²) in [7, 11) is 1.83. The number of rotatable bonds is 10. The Morgan fingerprint density at radius 1 is 0.397 bits per heavy atom. The van der Waals surface area contributed by atoms with Crippen molar-refractivity contribution in [1.82, 2.24) is 14.5 Å². The summed E-state index contributed by atoms with van der Waals surface area (Å²) in [5.74, 6) is -0.155. The highest BCUT2D eigenvalue weighted by atomic mass is 19.1. The predicted molar refractivity (Wildman–Crippen MR) is 232 cm³/mol. The molecule has 0 atom stereocenters. The highest BCUT2D eigenvalue weighted by Gasteiger charge is 2.21. The molecule has 58 heavy (non-hydrogen) atoms. The Balaban J connectivity index is 1.02. The fraction of sp³-hybridized carbons (Fsp3) is 0.0196. The van der Waals surface area contributed by atoms with Crippen molar-refractivity contribution in [2.45, 2.75) is 0 Å². The van der Waals surface area contributed by atoms with E-state index in [9.17, 15) is 0 Å². The summed E-state index contributed by atoms with van der Waals surface area (Å²) in [6.07, 6.45) is 3.64. The number of benzene rings is 6. The lowest BCUT2D eigenvalue weighted by molar-refractivity contribution is 0.628. The fourth-order valence-electron chi connectivity index (χ4n) is 7.39. The molecule has 9 rings (SSSR count). The minimum Gasteiger partial charge on any atom is -0.343 e. The molecule has 3 aromatic heterocycles. The van der Waals surface area contributed by atoms with E-state index in [-0.39, 0.29) is 0 Å². The summed E-state index contributed by atoms with van der Waals surface area (Å²) in [5, 5.41) is 0. The molecule has 0 N–H and O–H groups in total. The zero-order valence-electron chi connectivity index (χ0n) is 31.6. The molecule has 0 fully saturated rings. The minimum absolute atomic E-state index is 0.400. The molecule has 0 amide bonds. The maximum Gasteiger partial charge on any atom is 0.137 e. The van der Waals surface area contributed by atoms with Crippen molar-refractivity contribution in [3.8, 4) is 44.9 Å². The standard InChI is InChI=1S/C51H37F2N5/c1-56-49(44-26-23-41(32-46(44)52)57(39-18-10-4-11-19-39)43-25-28-48(54-35-43)37-16-8-3-9-17-37)29-30-50(56)45-27-24-42(33-47(45)53)58(40-20-12-5-13-21-40)51-31-22-38(34-55-51)36-14-6-2-7-15-36/h2-35H,1H3. The second kappa shape index (κ2) is 15.8. The Morgan fingerprint density at radius 3 is 1.40 bits per heavy atom. The monoisotopic (exact) mass is 757 g/mol. The third-order valence-electron chi connectivity index (χ3n) is 10.3.